The molecule has 0 spiro atoms. The number of rotatable bonds is 7. The van der Waals surface area contributed by atoms with Gasteiger partial charge in [-0.05, 0) is 75.3 Å². The molecule has 1 heterocycles. The zero-order chi connectivity index (χ0) is 24.2. The predicted octanol–water partition coefficient (Wildman–Crippen LogP) is 3.08. The highest BCUT2D eigenvalue weighted by Gasteiger charge is 2.27. The summed E-state index contributed by atoms with van der Waals surface area (Å²) in [4.78, 5) is 37.3. The second-order valence-electron chi connectivity index (χ2n) is 8.20. The fourth-order valence-corrected chi connectivity index (χ4v) is 3.88. The lowest BCUT2D eigenvalue weighted by Crippen LogP contribution is -2.42. The summed E-state index contributed by atoms with van der Waals surface area (Å²) in [6.07, 6.45) is 4.87. The van der Waals surface area contributed by atoms with Gasteiger partial charge >= 0.3 is 0 Å². The normalized spacial score (nSPS) is 17.2. The number of amides is 2. The molecule has 0 radical (unpaired) electrons. The van der Waals surface area contributed by atoms with E-state index in [0.717, 1.165) is 53.8 Å². The smallest absolute Gasteiger partial charge is 0.290 e. The number of benzene rings is 1. The Kier molecular flexibility index (Phi) is 10.3. The molecular formula is C25H33N3O5. The Balaban J connectivity index is 0.00000122. The molecule has 1 aliphatic rings. The number of aryl methyl sites for hydroxylation is 2. The van der Waals surface area contributed by atoms with Gasteiger partial charge in [-0.1, -0.05) is 18.2 Å². The van der Waals surface area contributed by atoms with Crippen molar-refractivity contribution < 1.29 is 24.2 Å². The molecule has 0 aliphatic heterocycles. The minimum atomic E-state index is -0.250. The summed E-state index contributed by atoms with van der Waals surface area (Å²) >= 11 is 0. The number of hydrogen-bond acceptors (Lipinski definition) is 5. The first-order valence-corrected chi connectivity index (χ1v) is 11.1. The molecular weight excluding hydrogens is 422 g/mol. The highest BCUT2D eigenvalue weighted by Crippen LogP contribution is 2.26. The van der Waals surface area contributed by atoms with Gasteiger partial charge in [-0.15, -0.1) is 0 Å². The van der Waals surface area contributed by atoms with Crippen molar-refractivity contribution in [3.05, 3.63) is 58.9 Å². The van der Waals surface area contributed by atoms with E-state index in [1.165, 1.54) is 0 Å². The summed E-state index contributed by atoms with van der Waals surface area (Å²) in [5.74, 6) is 0.742. The van der Waals surface area contributed by atoms with E-state index < -0.39 is 0 Å². The molecule has 8 heteroatoms. The largest absolute Gasteiger partial charge is 0.483 e. The lowest BCUT2D eigenvalue weighted by atomic mass is 9.85. The zero-order valence-electron chi connectivity index (χ0n) is 19.5. The Hall–Kier alpha value is -3.42. The predicted molar refractivity (Wildman–Crippen MR) is 125 cm³/mol. The SMILES string of the molecule is Cc1ccc(C)c(OCC(=O)NC2CCC(C(=O)NCc3ccccn3)CC2)c1C.O=CO. The number of nitrogens with zero attached hydrogens (tertiary/aromatic N) is 1. The maximum Gasteiger partial charge on any atom is 0.290 e. The van der Waals surface area contributed by atoms with Gasteiger partial charge in [0, 0.05) is 18.2 Å². The van der Waals surface area contributed by atoms with Gasteiger partial charge in [-0.3, -0.25) is 19.4 Å². The van der Waals surface area contributed by atoms with Crippen LogP contribution in [-0.4, -0.2) is 41.0 Å². The topological polar surface area (TPSA) is 118 Å². The molecule has 178 valence electrons. The number of aromatic nitrogens is 1. The maximum atomic E-state index is 12.4. The van der Waals surface area contributed by atoms with E-state index >= 15 is 0 Å². The van der Waals surface area contributed by atoms with E-state index in [4.69, 9.17) is 14.6 Å². The number of pyridine rings is 1. The van der Waals surface area contributed by atoms with Crippen molar-refractivity contribution in [1.29, 1.82) is 0 Å². The van der Waals surface area contributed by atoms with Crippen molar-refractivity contribution in [2.45, 2.75) is 59.0 Å². The molecule has 1 aliphatic carbocycles. The van der Waals surface area contributed by atoms with E-state index in [-0.39, 0.29) is 36.9 Å². The molecule has 1 aromatic heterocycles. The fraction of sp³-hybridized carbons (Fsp3) is 0.440. The molecule has 3 rings (SSSR count). The van der Waals surface area contributed by atoms with Crippen LogP contribution in [0.15, 0.2) is 36.5 Å². The molecule has 33 heavy (non-hydrogen) atoms. The molecule has 1 aromatic carbocycles. The second kappa shape index (κ2) is 13.2. The average Bonchev–Trinajstić information content (AvgIpc) is 2.81. The Morgan fingerprint density at radius 2 is 1.76 bits per heavy atom. The molecule has 1 fully saturated rings. The van der Waals surface area contributed by atoms with Gasteiger partial charge < -0.3 is 20.5 Å². The lowest BCUT2D eigenvalue weighted by molar-refractivity contribution is -0.126. The molecule has 0 bridgehead atoms. The standard InChI is InChI=1S/C24H31N3O3.CH2O2/c1-16-7-8-17(2)23(18(16)3)30-15-22(28)27-20-11-9-19(10-12-20)24(29)26-14-21-6-4-5-13-25-21;2-1-3/h4-8,13,19-20H,9-12,14-15H2,1-3H3,(H,26,29)(H,27,28);1H,(H,2,3). The van der Waals surface area contributed by atoms with Crippen molar-refractivity contribution in [2.24, 2.45) is 5.92 Å². The Labute approximate surface area is 194 Å². The first-order chi connectivity index (χ1) is 15.8. The van der Waals surface area contributed by atoms with Crippen LogP contribution in [-0.2, 0) is 20.9 Å². The third-order valence-corrected chi connectivity index (χ3v) is 5.85. The van der Waals surface area contributed by atoms with E-state index in [2.05, 4.69) is 21.7 Å². The van der Waals surface area contributed by atoms with Gasteiger partial charge in [0.25, 0.3) is 12.4 Å². The summed E-state index contributed by atoms with van der Waals surface area (Å²) in [6, 6.07) is 9.83. The lowest BCUT2D eigenvalue weighted by Gasteiger charge is -2.28. The molecule has 8 nitrogen and oxygen atoms in total. The van der Waals surface area contributed by atoms with Crippen LogP contribution in [0.2, 0.25) is 0 Å². The number of carboxylic acid groups (broad SMARTS) is 1. The Bertz CT molecular complexity index is 925. The third kappa shape index (κ3) is 8.21. The zero-order valence-corrected chi connectivity index (χ0v) is 19.5. The van der Waals surface area contributed by atoms with Crippen LogP contribution >= 0.6 is 0 Å². The van der Waals surface area contributed by atoms with Crippen molar-refractivity contribution in [3.63, 3.8) is 0 Å². The minimum absolute atomic E-state index is 0.00397. The Morgan fingerprint density at radius 1 is 1.09 bits per heavy atom. The van der Waals surface area contributed by atoms with Gasteiger partial charge in [-0.2, -0.15) is 0 Å². The fourth-order valence-electron chi connectivity index (χ4n) is 3.88. The van der Waals surface area contributed by atoms with Gasteiger partial charge in [-0.25, -0.2) is 0 Å². The van der Waals surface area contributed by atoms with E-state index in [0.29, 0.717) is 6.54 Å². The summed E-state index contributed by atoms with van der Waals surface area (Å²) in [7, 11) is 0. The second-order valence-corrected chi connectivity index (χ2v) is 8.20. The van der Waals surface area contributed by atoms with Crippen LogP contribution in [0, 0.1) is 26.7 Å². The van der Waals surface area contributed by atoms with Gasteiger partial charge in [0.2, 0.25) is 5.91 Å². The number of nitrogens with one attached hydrogen (secondary N) is 2. The maximum absolute atomic E-state index is 12.4. The molecule has 2 amide bonds. The monoisotopic (exact) mass is 455 g/mol. The summed E-state index contributed by atoms with van der Waals surface area (Å²) < 4.78 is 5.80. The summed E-state index contributed by atoms with van der Waals surface area (Å²) in [6.45, 7) is 6.24. The highest BCUT2D eigenvalue weighted by atomic mass is 16.5. The highest BCUT2D eigenvalue weighted by molar-refractivity contribution is 5.79. The number of hydrogen-bond donors (Lipinski definition) is 3. The molecule has 0 unspecified atom stereocenters. The summed E-state index contributed by atoms with van der Waals surface area (Å²) in [5, 5.41) is 12.9. The van der Waals surface area contributed by atoms with Crippen molar-refractivity contribution in [1.82, 2.24) is 15.6 Å². The molecule has 3 N–H and O–H groups in total. The summed E-state index contributed by atoms with van der Waals surface area (Å²) in [5.41, 5.74) is 4.10. The van der Waals surface area contributed by atoms with Crippen LogP contribution in [0.1, 0.15) is 48.1 Å². The van der Waals surface area contributed by atoms with Crippen LogP contribution in [0.4, 0.5) is 0 Å². The van der Waals surface area contributed by atoms with Gasteiger partial charge in [0.05, 0.1) is 12.2 Å². The molecule has 0 saturated heterocycles. The minimum Gasteiger partial charge on any atom is -0.483 e. The number of carbonyl (C=O) groups excluding carboxylic acids is 2. The van der Waals surface area contributed by atoms with E-state index in [1.807, 2.05) is 45.0 Å². The van der Waals surface area contributed by atoms with E-state index in [9.17, 15) is 9.59 Å². The first-order valence-electron chi connectivity index (χ1n) is 11.1. The van der Waals surface area contributed by atoms with E-state index in [1.54, 1.807) is 6.20 Å². The third-order valence-electron chi connectivity index (χ3n) is 5.85. The quantitative estimate of drug-likeness (QED) is 0.552. The number of ether oxygens (including phenoxy) is 1. The number of carbonyl (C=O) groups is 3. The van der Waals surface area contributed by atoms with Crippen LogP contribution in [0.3, 0.4) is 0 Å². The average molecular weight is 456 g/mol. The Morgan fingerprint density at radius 3 is 2.39 bits per heavy atom. The van der Waals surface area contributed by atoms with Crippen molar-refractivity contribution >= 4 is 18.3 Å². The van der Waals surface area contributed by atoms with Crippen LogP contribution < -0.4 is 15.4 Å². The van der Waals surface area contributed by atoms with Gasteiger partial charge in [0.1, 0.15) is 5.75 Å². The van der Waals surface area contributed by atoms with Crippen LogP contribution in [0.25, 0.3) is 0 Å². The van der Waals surface area contributed by atoms with Crippen molar-refractivity contribution in [2.75, 3.05) is 6.61 Å². The molecule has 1 saturated carbocycles. The van der Waals surface area contributed by atoms with Crippen LogP contribution in [0.5, 0.6) is 5.75 Å². The molecule has 2 aromatic rings. The van der Waals surface area contributed by atoms with Gasteiger partial charge in [0.15, 0.2) is 6.61 Å². The molecule has 0 atom stereocenters. The first kappa shape index (κ1) is 25.8. The van der Waals surface area contributed by atoms with Crippen molar-refractivity contribution in [3.8, 4) is 5.75 Å².